The van der Waals surface area contributed by atoms with Gasteiger partial charge in [-0.1, -0.05) is 29.3 Å². The van der Waals surface area contributed by atoms with Gasteiger partial charge in [-0.3, -0.25) is 0 Å². The van der Waals surface area contributed by atoms with Crippen molar-refractivity contribution >= 4 is 56.5 Å². The highest BCUT2D eigenvalue weighted by Crippen LogP contribution is 2.31. The molecule has 31 heavy (non-hydrogen) atoms. The Kier molecular flexibility index (Phi) is 5.95. The number of aromatic amines is 1. The number of thiazole rings is 1. The van der Waals surface area contributed by atoms with Crippen molar-refractivity contribution in [1.82, 2.24) is 19.9 Å². The van der Waals surface area contributed by atoms with Crippen LogP contribution in [-0.4, -0.2) is 46.2 Å². The molecule has 160 valence electrons. The van der Waals surface area contributed by atoms with Gasteiger partial charge in [-0.05, 0) is 23.8 Å². The zero-order chi connectivity index (χ0) is 21.2. The van der Waals surface area contributed by atoms with E-state index in [1.165, 1.54) is 0 Å². The summed E-state index contributed by atoms with van der Waals surface area (Å²) < 4.78 is 5.42. The van der Waals surface area contributed by atoms with Crippen LogP contribution in [0.15, 0.2) is 36.7 Å². The number of pyridine rings is 2. The summed E-state index contributed by atoms with van der Waals surface area (Å²) in [6, 6.07) is 7.99. The van der Waals surface area contributed by atoms with E-state index in [-0.39, 0.29) is 0 Å². The van der Waals surface area contributed by atoms with Crippen molar-refractivity contribution in [3.8, 4) is 0 Å². The van der Waals surface area contributed by atoms with Crippen LogP contribution < -0.4 is 10.2 Å². The Labute approximate surface area is 193 Å². The van der Waals surface area contributed by atoms with Crippen LogP contribution in [0, 0.1) is 0 Å². The number of morpholine rings is 1. The molecule has 4 aromatic heterocycles. The minimum absolute atomic E-state index is 0.506. The molecule has 0 unspecified atom stereocenters. The van der Waals surface area contributed by atoms with E-state index in [9.17, 15) is 0 Å². The lowest BCUT2D eigenvalue weighted by Gasteiger charge is -2.28. The van der Waals surface area contributed by atoms with E-state index in [2.05, 4.69) is 25.2 Å². The molecule has 1 aliphatic rings. The fourth-order valence-electron chi connectivity index (χ4n) is 3.57. The third-order valence-corrected chi connectivity index (χ3v) is 6.78. The van der Waals surface area contributed by atoms with Crippen molar-refractivity contribution in [2.45, 2.75) is 13.0 Å². The molecule has 0 radical (unpaired) electrons. The van der Waals surface area contributed by atoms with Crippen molar-refractivity contribution in [3.05, 3.63) is 63.0 Å². The molecule has 0 saturated carbocycles. The SMILES string of the molecule is Clc1cnc2[nH]cc(Cc3sc(NCc4cccc(N5CCOCC5)n4)nc3Cl)c2c1. The first-order chi connectivity index (χ1) is 15.2. The van der Waals surface area contributed by atoms with Gasteiger partial charge in [0.2, 0.25) is 0 Å². The van der Waals surface area contributed by atoms with E-state index in [1.54, 1.807) is 17.5 Å². The summed E-state index contributed by atoms with van der Waals surface area (Å²) in [5, 5.41) is 6.24. The molecule has 2 N–H and O–H groups in total. The van der Waals surface area contributed by atoms with Crippen LogP contribution in [0.4, 0.5) is 10.9 Å². The summed E-state index contributed by atoms with van der Waals surface area (Å²) in [7, 11) is 0. The molecule has 0 amide bonds. The molecule has 0 spiro atoms. The van der Waals surface area contributed by atoms with E-state index in [0.717, 1.165) is 64.4 Å². The van der Waals surface area contributed by atoms with Gasteiger partial charge in [-0.15, -0.1) is 11.3 Å². The number of hydrogen-bond acceptors (Lipinski definition) is 7. The predicted molar refractivity (Wildman–Crippen MR) is 126 cm³/mol. The summed E-state index contributed by atoms with van der Waals surface area (Å²) in [6.07, 6.45) is 4.23. The molecule has 0 atom stereocenters. The molecule has 10 heteroatoms. The van der Waals surface area contributed by atoms with Crippen LogP contribution in [0.2, 0.25) is 10.2 Å². The highest BCUT2D eigenvalue weighted by Gasteiger charge is 2.15. The maximum Gasteiger partial charge on any atom is 0.184 e. The Morgan fingerprint density at radius 1 is 1.19 bits per heavy atom. The van der Waals surface area contributed by atoms with Crippen molar-refractivity contribution in [1.29, 1.82) is 0 Å². The second-order valence-corrected chi connectivity index (χ2v) is 9.09. The van der Waals surface area contributed by atoms with Crippen LogP contribution in [0.5, 0.6) is 0 Å². The van der Waals surface area contributed by atoms with Gasteiger partial charge in [0.05, 0.1) is 35.4 Å². The van der Waals surface area contributed by atoms with Gasteiger partial charge < -0.3 is 19.9 Å². The number of halogens is 2. The molecule has 5 heterocycles. The van der Waals surface area contributed by atoms with E-state index in [0.29, 0.717) is 23.1 Å². The van der Waals surface area contributed by atoms with E-state index in [1.807, 2.05) is 30.5 Å². The topological polar surface area (TPSA) is 79.0 Å². The maximum atomic E-state index is 6.43. The normalized spacial score (nSPS) is 14.3. The van der Waals surface area contributed by atoms with Gasteiger partial charge in [-0.2, -0.15) is 0 Å². The van der Waals surface area contributed by atoms with Gasteiger partial charge in [-0.25, -0.2) is 15.0 Å². The molecule has 7 nitrogen and oxygen atoms in total. The number of anilines is 2. The van der Waals surface area contributed by atoms with Crippen molar-refractivity contribution < 1.29 is 4.74 Å². The quantitative estimate of drug-likeness (QED) is 0.419. The zero-order valence-corrected chi connectivity index (χ0v) is 18.9. The number of fused-ring (bicyclic) bond motifs is 1. The number of H-pyrrole nitrogens is 1. The second-order valence-electron chi connectivity index (χ2n) is 7.21. The van der Waals surface area contributed by atoms with Gasteiger partial charge in [0.1, 0.15) is 16.6 Å². The van der Waals surface area contributed by atoms with Gasteiger partial charge >= 0.3 is 0 Å². The molecular formula is C21H20Cl2N6OS. The maximum absolute atomic E-state index is 6.43. The summed E-state index contributed by atoms with van der Waals surface area (Å²) >= 11 is 14.1. The first-order valence-electron chi connectivity index (χ1n) is 9.95. The van der Waals surface area contributed by atoms with E-state index >= 15 is 0 Å². The predicted octanol–water partition coefficient (Wildman–Crippen LogP) is 4.76. The lowest BCUT2D eigenvalue weighted by atomic mass is 10.1. The van der Waals surface area contributed by atoms with Crippen molar-refractivity contribution in [2.24, 2.45) is 0 Å². The van der Waals surface area contributed by atoms with Gasteiger partial charge in [0.25, 0.3) is 0 Å². The van der Waals surface area contributed by atoms with E-state index < -0.39 is 0 Å². The minimum atomic E-state index is 0.506. The highest BCUT2D eigenvalue weighted by atomic mass is 35.5. The van der Waals surface area contributed by atoms with Crippen LogP contribution >= 0.6 is 34.5 Å². The summed E-state index contributed by atoms with van der Waals surface area (Å²) in [5.41, 5.74) is 2.85. The third kappa shape index (κ3) is 4.62. The molecule has 1 aliphatic heterocycles. The lowest BCUT2D eigenvalue weighted by molar-refractivity contribution is 0.122. The lowest BCUT2D eigenvalue weighted by Crippen LogP contribution is -2.36. The van der Waals surface area contributed by atoms with Crippen LogP contribution in [0.1, 0.15) is 16.1 Å². The molecule has 0 aromatic carbocycles. The standard InChI is InChI=1S/C21H20Cl2N6OS/c22-14-9-16-13(10-24-20(16)25-11-14)8-17-19(23)28-21(31-17)26-12-15-2-1-3-18(27-15)29-4-6-30-7-5-29/h1-3,9-11H,4-8,12H2,(H,24,25)(H,26,28). The average Bonchev–Trinajstić information content (AvgIpc) is 3.36. The third-order valence-electron chi connectivity index (χ3n) is 5.13. The van der Waals surface area contributed by atoms with Crippen LogP contribution in [0.25, 0.3) is 11.0 Å². The number of nitrogens with zero attached hydrogens (tertiary/aromatic N) is 4. The smallest absolute Gasteiger partial charge is 0.184 e. The van der Waals surface area contributed by atoms with Crippen molar-refractivity contribution in [3.63, 3.8) is 0 Å². The Hall–Kier alpha value is -2.39. The Morgan fingerprint density at radius 2 is 2.06 bits per heavy atom. The fourth-order valence-corrected chi connectivity index (χ4v) is 4.92. The number of rotatable bonds is 6. The fraction of sp³-hybridized carbons (Fsp3) is 0.286. The number of nitrogens with one attached hydrogen (secondary N) is 2. The highest BCUT2D eigenvalue weighted by molar-refractivity contribution is 7.16. The second kappa shape index (κ2) is 9.00. The largest absolute Gasteiger partial charge is 0.378 e. The molecular weight excluding hydrogens is 455 g/mol. The minimum Gasteiger partial charge on any atom is -0.378 e. The monoisotopic (exact) mass is 474 g/mol. The average molecular weight is 475 g/mol. The zero-order valence-electron chi connectivity index (χ0n) is 16.6. The molecule has 1 fully saturated rings. The Morgan fingerprint density at radius 3 is 2.94 bits per heavy atom. The molecule has 4 aromatic rings. The van der Waals surface area contributed by atoms with Gasteiger partial charge in [0.15, 0.2) is 5.13 Å². The number of hydrogen-bond donors (Lipinski definition) is 2. The molecule has 0 bridgehead atoms. The first kappa shape index (κ1) is 20.5. The summed E-state index contributed by atoms with van der Waals surface area (Å²) in [5.74, 6) is 0.979. The van der Waals surface area contributed by atoms with Crippen LogP contribution in [-0.2, 0) is 17.7 Å². The van der Waals surface area contributed by atoms with Crippen molar-refractivity contribution in [2.75, 3.05) is 36.5 Å². The molecule has 1 saturated heterocycles. The van der Waals surface area contributed by atoms with Gasteiger partial charge in [0, 0.05) is 37.3 Å². The first-order valence-corrected chi connectivity index (χ1v) is 11.5. The summed E-state index contributed by atoms with van der Waals surface area (Å²) in [4.78, 5) is 20.0. The Bertz CT molecular complexity index is 1200. The van der Waals surface area contributed by atoms with Crippen LogP contribution in [0.3, 0.4) is 0 Å². The number of aromatic nitrogens is 4. The number of ether oxygens (including phenoxy) is 1. The molecule has 5 rings (SSSR count). The van der Waals surface area contributed by atoms with E-state index in [4.69, 9.17) is 32.9 Å². The Balaban J connectivity index is 1.27. The summed E-state index contributed by atoms with van der Waals surface area (Å²) in [6.45, 7) is 3.79. The molecule has 0 aliphatic carbocycles.